The fourth-order valence-corrected chi connectivity index (χ4v) is 7.44. The maximum absolute atomic E-state index is 12.3. The fourth-order valence-electron chi connectivity index (χ4n) is 5.55. The van der Waals surface area contributed by atoms with Crippen LogP contribution in [0.1, 0.15) is 11.3 Å². The summed E-state index contributed by atoms with van der Waals surface area (Å²) >= 11 is 25.5. The molecule has 0 fully saturated rings. The number of anilines is 3. The van der Waals surface area contributed by atoms with Crippen molar-refractivity contribution in [2.75, 3.05) is 15.7 Å². The third kappa shape index (κ3) is 7.86. The van der Waals surface area contributed by atoms with Crippen molar-refractivity contribution in [2.45, 2.75) is 5.75 Å². The van der Waals surface area contributed by atoms with Gasteiger partial charge in [-0.05, 0) is 60.7 Å². The first kappa shape index (κ1) is 37.4. The Hall–Kier alpha value is -1.88. The summed E-state index contributed by atoms with van der Waals surface area (Å²) < 4.78 is 72.7. The van der Waals surface area contributed by atoms with Crippen LogP contribution < -0.4 is 61.2 Å². The van der Waals surface area contributed by atoms with E-state index in [9.17, 15) is 25.9 Å². The molecule has 4 aromatic carbocycles. The number of allylic oxidation sites excluding steroid dienone is 2. The van der Waals surface area contributed by atoms with Crippen LogP contribution in [-0.4, -0.2) is 36.4 Å². The average molecular weight is 790 g/mol. The summed E-state index contributed by atoms with van der Waals surface area (Å²) in [6.45, 7) is 0. The monoisotopic (exact) mass is 787 g/mol. The summed E-state index contributed by atoms with van der Waals surface area (Å²) in [5.74, 6) is -1.39. The minimum absolute atomic E-state index is 0. The Morgan fingerprint density at radius 1 is 0.750 bits per heavy atom. The molecule has 1 N–H and O–H groups in total. The Morgan fingerprint density at radius 2 is 1.29 bits per heavy atom. The van der Waals surface area contributed by atoms with Crippen molar-refractivity contribution in [3.8, 4) is 5.69 Å². The third-order valence-electron chi connectivity index (χ3n) is 7.35. The normalized spacial score (nSPS) is 14.2. The van der Waals surface area contributed by atoms with Gasteiger partial charge in [0.05, 0.1) is 42.7 Å². The number of hydrogen-bond donors (Lipinski definition) is 1. The Kier molecular flexibility index (Phi) is 11.5. The molecule has 1 aliphatic rings. The molecule has 0 bridgehead atoms. The van der Waals surface area contributed by atoms with Crippen LogP contribution in [0.3, 0.4) is 0 Å². The van der Waals surface area contributed by atoms with Crippen molar-refractivity contribution in [2.24, 2.45) is 0 Å². The minimum Gasteiger partial charge on any atom is -0.747 e. The number of nitrogens with zero attached hydrogens (tertiary/aromatic N) is 3. The molecular formula is C32H22Cl4KN3O6S2. The van der Waals surface area contributed by atoms with Gasteiger partial charge in [-0.25, -0.2) is 8.42 Å². The maximum atomic E-state index is 12.3. The van der Waals surface area contributed by atoms with Crippen LogP contribution in [0.2, 0.25) is 20.1 Å². The molecule has 0 unspecified atom stereocenters. The molecule has 0 atom stereocenters. The van der Waals surface area contributed by atoms with Gasteiger partial charge in [0.15, 0.2) is 0 Å². The smallest absolute Gasteiger partial charge is 0.747 e. The molecule has 48 heavy (non-hydrogen) atoms. The first-order chi connectivity index (χ1) is 22.2. The van der Waals surface area contributed by atoms with Crippen LogP contribution in [0.15, 0.2) is 103 Å². The number of aromatic nitrogens is 1. The number of benzene rings is 4. The van der Waals surface area contributed by atoms with Crippen molar-refractivity contribution < 1.29 is 77.3 Å². The Balaban J connectivity index is 0.00000451. The average Bonchev–Trinajstić information content (AvgIpc) is 3.43. The van der Waals surface area contributed by atoms with Gasteiger partial charge in [-0.15, -0.1) is 0 Å². The van der Waals surface area contributed by atoms with Crippen LogP contribution in [-0.2, 0) is 26.0 Å². The second-order valence-electron chi connectivity index (χ2n) is 10.5. The van der Waals surface area contributed by atoms with Gasteiger partial charge in [-0.1, -0.05) is 88.9 Å². The second kappa shape index (κ2) is 14.8. The molecule has 2 heterocycles. The number of para-hydroxylation sites is 2. The molecule has 1 aromatic heterocycles. The van der Waals surface area contributed by atoms with Gasteiger partial charge in [-0.2, -0.15) is 8.42 Å². The Morgan fingerprint density at radius 3 is 1.88 bits per heavy atom. The topological polar surface area (TPSA) is 123 Å². The summed E-state index contributed by atoms with van der Waals surface area (Å²) in [6, 6.07) is 24.3. The third-order valence-corrected chi connectivity index (χ3v) is 10.0. The van der Waals surface area contributed by atoms with E-state index in [1.54, 1.807) is 64.1 Å². The van der Waals surface area contributed by atoms with Gasteiger partial charge in [0.1, 0.15) is 27.6 Å². The predicted octanol–water partition coefficient (Wildman–Crippen LogP) is 5.65. The predicted molar refractivity (Wildman–Crippen MR) is 188 cm³/mol. The van der Waals surface area contributed by atoms with Crippen LogP contribution >= 0.6 is 46.4 Å². The summed E-state index contributed by atoms with van der Waals surface area (Å²) in [6.07, 6.45) is 4.76. The van der Waals surface area contributed by atoms with Crippen LogP contribution in [0.4, 0.5) is 17.1 Å². The number of fused-ring (bicyclic) bond motifs is 2. The molecule has 0 saturated heterocycles. The van der Waals surface area contributed by atoms with Crippen molar-refractivity contribution in [1.29, 1.82) is 0 Å². The van der Waals surface area contributed by atoms with E-state index < -0.39 is 31.9 Å². The molecule has 16 heteroatoms. The molecule has 0 radical (unpaired) electrons. The van der Waals surface area contributed by atoms with E-state index in [0.29, 0.717) is 39.3 Å². The van der Waals surface area contributed by atoms with E-state index in [2.05, 4.69) is 0 Å². The van der Waals surface area contributed by atoms with Crippen LogP contribution in [0.5, 0.6) is 0 Å². The first-order valence-electron chi connectivity index (χ1n) is 13.7. The molecule has 242 valence electrons. The van der Waals surface area contributed by atoms with E-state index in [4.69, 9.17) is 46.4 Å². The number of rotatable bonds is 8. The van der Waals surface area contributed by atoms with Crippen molar-refractivity contribution >= 4 is 101 Å². The van der Waals surface area contributed by atoms with E-state index in [-0.39, 0.29) is 82.9 Å². The quantitative estimate of drug-likeness (QED) is 0.158. The molecule has 1 aliphatic heterocycles. The fraction of sp³-hybridized carbons (Fsp3) is 0.0625. The zero-order valence-corrected chi connectivity index (χ0v) is 32.7. The van der Waals surface area contributed by atoms with Crippen LogP contribution in [0.25, 0.3) is 22.7 Å². The zero-order chi connectivity index (χ0) is 33.7. The summed E-state index contributed by atoms with van der Waals surface area (Å²) in [7, 11) is -9.32. The SMILES string of the molecule is O=S(=O)([O-])CN1/C(=C\C=C\c2c(CS(=O)(=O)O)c3cc(Cl)c(Cl)cc3n2-c2ccccc2)N(c2ccccc2)c2cc(Cl)c(Cl)cc21.[K+]. The minimum atomic E-state index is -4.80. The zero-order valence-electron chi connectivity index (χ0n) is 24.9. The number of hydrogen-bond acceptors (Lipinski definition) is 7. The van der Waals surface area contributed by atoms with E-state index in [0.717, 1.165) is 0 Å². The molecule has 5 aromatic rings. The molecule has 0 aliphatic carbocycles. The van der Waals surface area contributed by atoms with Gasteiger partial charge in [0, 0.05) is 22.3 Å². The largest absolute Gasteiger partial charge is 1.00 e. The number of halogens is 4. The summed E-state index contributed by atoms with van der Waals surface area (Å²) in [5, 5.41) is 1.23. The molecule has 6 rings (SSSR count). The van der Waals surface area contributed by atoms with Gasteiger partial charge in [0.2, 0.25) is 0 Å². The first-order valence-corrected chi connectivity index (χ1v) is 18.4. The van der Waals surface area contributed by atoms with Gasteiger partial charge in [0.25, 0.3) is 10.1 Å². The standard InChI is InChI=1S/C32H23Cl4N3O6S2.K/c33-24-14-22-23(18-46(40,41)42)28(38(29(22)15-25(24)34)20-8-3-1-4-9-20)12-7-13-32-37(19-47(43,44)45)30-16-26(35)27(36)17-31(30)39(32)21-10-5-2-6-11-21;/h1-17H,18-19H2,(H,40,41,42)(H,43,44,45);/q;+1/p-1/b12-7+,32-13+;. The van der Waals surface area contributed by atoms with E-state index in [1.807, 2.05) is 36.4 Å². The molecule has 0 saturated carbocycles. The maximum Gasteiger partial charge on any atom is 1.00 e. The Bertz CT molecular complexity index is 2320. The molecular weight excluding hydrogens is 767 g/mol. The molecule has 0 amide bonds. The van der Waals surface area contributed by atoms with Crippen LogP contribution in [0, 0.1) is 0 Å². The van der Waals surface area contributed by atoms with Crippen molar-refractivity contribution in [3.05, 3.63) is 134 Å². The van der Waals surface area contributed by atoms with Crippen molar-refractivity contribution in [1.82, 2.24) is 4.57 Å². The second-order valence-corrected chi connectivity index (χ2v) is 14.9. The van der Waals surface area contributed by atoms with E-state index in [1.165, 1.54) is 17.0 Å². The van der Waals surface area contributed by atoms with Gasteiger partial charge >= 0.3 is 51.4 Å². The molecule has 9 nitrogen and oxygen atoms in total. The Labute approximate surface area is 339 Å². The van der Waals surface area contributed by atoms with Crippen molar-refractivity contribution in [3.63, 3.8) is 0 Å². The van der Waals surface area contributed by atoms with Gasteiger partial charge < -0.3 is 14.0 Å². The van der Waals surface area contributed by atoms with E-state index >= 15 is 0 Å². The van der Waals surface area contributed by atoms with Gasteiger partial charge in [-0.3, -0.25) is 9.45 Å². The molecule has 0 spiro atoms. The summed E-state index contributed by atoms with van der Waals surface area (Å²) in [4.78, 5) is 3.03. The summed E-state index contributed by atoms with van der Waals surface area (Å²) in [5.41, 5.74) is 3.24.